The number of aromatic nitrogens is 5. The Bertz CT molecular complexity index is 1060. The van der Waals surface area contributed by atoms with E-state index >= 15 is 0 Å². The van der Waals surface area contributed by atoms with Crippen molar-refractivity contribution in [3.63, 3.8) is 0 Å². The first-order chi connectivity index (χ1) is 11.7. The number of nitrogens with one attached hydrogen (secondary N) is 4. The van der Waals surface area contributed by atoms with Crippen LogP contribution in [-0.4, -0.2) is 25.4 Å². The Morgan fingerprint density at radius 1 is 1.12 bits per heavy atom. The molecule has 0 bridgehead atoms. The number of hydrogen-bond acceptors (Lipinski definition) is 5. The summed E-state index contributed by atoms with van der Waals surface area (Å²) in [7, 11) is 0. The molecule has 0 aliphatic carbocycles. The van der Waals surface area contributed by atoms with Gasteiger partial charge in [0.15, 0.2) is 5.82 Å². The minimum absolute atomic E-state index is 0.111. The number of hydrogen-bond donors (Lipinski definition) is 4. The van der Waals surface area contributed by atoms with E-state index in [1.54, 1.807) is 6.20 Å². The molecule has 24 heavy (non-hydrogen) atoms. The monoisotopic (exact) mass is 338 g/mol. The maximum atomic E-state index is 11.5. The molecule has 0 saturated carbocycles. The number of nitrogens with zero attached hydrogens (tertiary/aromatic N) is 2. The second kappa shape index (κ2) is 5.89. The molecule has 0 aliphatic rings. The van der Waals surface area contributed by atoms with E-state index in [4.69, 9.17) is 0 Å². The number of anilines is 2. The summed E-state index contributed by atoms with van der Waals surface area (Å²) in [6.45, 7) is 1.95. The lowest BCUT2D eigenvalue weighted by Gasteiger charge is -2.05. The summed E-state index contributed by atoms with van der Waals surface area (Å²) in [5.74, 6) is 0.765. The third-order valence-corrected chi connectivity index (χ3v) is 4.40. The van der Waals surface area contributed by atoms with E-state index < -0.39 is 0 Å². The summed E-state index contributed by atoms with van der Waals surface area (Å²) in [6.07, 6.45) is 1.75. The lowest BCUT2D eigenvalue weighted by atomic mass is 10.2. The topological polar surface area (TPSA) is 102 Å². The van der Waals surface area contributed by atoms with Crippen molar-refractivity contribution < 1.29 is 0 Å². The fourth-order valence-corrected chi connectivity index (χ4v) is 3.23. The van der Waals surface area contributed by atoms with E-state index in [1.807, 2.05) is 43.3 Å². The number of benzene rings is 1. The van der Waals surface area contributed by atoms with Crippen LogP contribution in [0.1, 0.15) is 5.69 Å². The maximum absolute atomic E-state index is 11.5. The Labute approximate surface area is 140 Å². The fourth-order valence-electron chi connectivity index (χ4n) is 2.37. The van der Waals surface area contributed by atoms with Crippen molar-refractivity contribution >= 4 is 34.2 Å². The van der Waals surface area contributed by atoms with Gasteiger partial charge in [-0.15, -0.1) is 0 Å². The molecule has 4 rings (SSSR count). The van der Waals surface area contributed by atoms with Crippen molar-refractivity contribution in [2.75, 3.05) is 5.32 Å². The first kappa shape index (κ1) is 14.6. The van der Waals surface area contributed by atoms with Gasteiger partial charge in [0.2, 0.25) is 0 Å². The summed E-state index contributed by atoms with van der Waals surface area (Å²) in [5, 5.41) is 17.2. The molecule has 4 aromatic rings. The van der Waals surface area contributed by atoms with Crippen LogP contribution in [0, 0.1) is 6.92 Å². The summed E-state index contributed by atoms with van der Waals surface area (Å²) >= 11 is 1.53. The molecule has 0 atom stereocenters. The van der Waals surface area contributed by atoms with Crippen LogP contribution in [0.25, 0.3) is 10.9 Å². The van der Waals surface area contributed by atoms with Gasteiger partial charge in [0.1, 0.15) is 5.03 Å². The second-order valence-corrected chi connectivity index (χ2v) is 6.43. The van der Waals surface area contributed by atoms with Crippen molar-refractivity contribution in [2.24, 2.45) is 0 Å². The first-order valence-corrected chi connectivity index (χ1v) is 8.12. The van der Waals surface area contributed by atoms with Crippen molar-refractivity contribution in [3.8, 4) is 0 Å². The number of rotatable bonds is 4. The minimum Gasteiger partial charge on any atom is -0.339 e. The summed E-state index contributed by atoms with van der Waals surface area (Å²) in [4.78, 5) is 16.9. The van der Waals surface area contributed by atoms with Gasteiger partial charge in [0.25, 0.3) is 5.56 Å². The van der Waals surface area contributed by atoms with E-state index in [0.29, 0.717) is 5.39 Å². The van der Waals surface area contributed by atoms with Crippen LogP contribution in [0.3, 0.4) is 0 Å². The lowest BCUT2D eigenvalue weighted by Crippen LogP contribution is -1.96. The first-order valence-electron chi connectivity index (χ1n) is 7.31. The highest BCUT2D eigenvalue weighted by molar-refractivity contribution is 7.99. The Kier molecular flexibility index (Phi) is 3.58. The van der Waals surface area contributed by atoms with E-state index in [1.165, 1.54) is 11.8 Å². The van der Waals surface area contributed by atoms with Crippen molar-refractivity contribution in [1.29, 1.82) is 0 Å². The molecule has 3 heterocycles. The van der Waals surface area contributed by atoms with Crippen LogP contribution in [0.2, 0.25) is 0 Å². The number of pyridine rings is 1. The van der Waals surface area contributed by atoms with Crippen LogP contribution in [-0.2, 0) is 0 Å². The van der Waals surface area contributed by atoms with E-state index in [0.717, 1.165) is 32.6 Å². The van der Waals surface area contributed by atoms with Crippen LogP contribution in [0.5, 0.6) is 0 Å². The molecule has 0 radical (unpaired) electrons. The summed E-state index contributed by atoms with van der Waals surface area (Å²) in [6, 6.07) is 11.4. The second-order valence-electron chi connectivity index (χ2n) is 5.33. The zero-order valence-electron chi connectivity index (χ0n) is 12.8. The molecule has 120 valence electrons. The van der Waals surface area contributed by atoms with E-state index in [-0.39, 0.29) is 5.56 Å². The predicted octanol–water partition coefficient (Wildman–Crippen LogP) is 3.18. The van der Waals surface area contributed by atoms with Gasteiger partial charge in [0.05, 0.1) is 10.9 Å². The zero-order chi connectivity index (χ0) is 16.5. The molecule has 4 N–H and O–H groups in total. The van der Waals surface area contributed by atoms with E-state index in [9.17, 15) is 4.79 Å². The highest BCUT2D eigenvalue weighted by atomic mass is 32.2. The molecule has 1 aromatic carbocycles. The molecule has 0 fully saturated rings. The smallest absolute Gasteiger partial charge is 0.271 e. The van der Waals surface area contributed by atoms with Gasteiger partial charge < -0.3 is 5.32 Å². The normalized spacial score (nSPS) is 11.0. The third-order valence-electron chi connectivity index (χ3n) is 3.48. The number of aryl methyl sites for hydroxylation is 1. The average molecular weight is 338 g/mol. The lowest BCUT2D eigenvalue weighted by molar-refractivity contribution is 1.05. The molecular weight excluding hydrogens is 324 g/mol. The molecule has 0 amide bonds. The van der Waals surface area contributed by atoms with Gasteiger partial charge in [-0.1, -0.05) is 11.8 Å². The Balaban J connectivity index is 1.57. The van der Waals surface area contributed by atoms with Crippen molar-refractivity contribution in [1.82, 2.24) is 25.4 Å². The summed E-state index contributed by atoms with van der Waals surface area (Å²) in [5.41, 5.74) is 2.58. The molecule has 7 nitrogen and oxygen atoms in total. The third kappa shape index (κ3) is 2.91. The van der Waals surface area contributed by atoms with Crippen molar-refractivity contribution in [3.05, 3.63) is 58.6 Å². The standard InChI is InChI=1S/C16H14N6OS/c1-9-6-14(21-19-9)18-10-4-5-17-15(7-10)24-11-2-3-12-13(8-11)20-22-16(12)23/h2-8H,1H3,(H2,20,22,23)(H2,17,18,19,21). The van der Waals surface area contributed by atoms with Gasteiger partial charge in [0, 0.05) is 28.5 Å². The van der Waals surface area contributed by atoms with Gasteiger partial charge in [-0.05, 0) is 37.3 Å². The SMILES string of the molecule is Cc1cc(Nc2ccnc(Sc3ccc4c(=O)[nH][nH]c4c3)c2)n[nH]1. The highest BCUT2D eigenvalue weighted by Gasteiger charge is 2.06. The van der Waals surface area contributed by atoms with Crippen molar-refractivity contribution in [2.45, 2.75) is 16.8 Å². The molecule has 3 aromatic heterocycles. The quantitative estimate of drug-likeness (QED) is 0.458. The van der Waals surface area contributed by atoms with Gasteiger partial charge >= 0.3 is 0 Å². The highest BCUT2D eigenvalue weighted by Crippen LogP contribution is 2.29. The largest absolute Gasteiger partial charge is 0.339 e. The average Bonchev–Trinajstić information content (AvgIpc) is 3.14. The van der Waals surface area contributed by atoms with Gasteiger partial charge in [-0.25, -0.2) is 4.98 Å². The van der Waals surface area contributed by atoms with Gasteiger partial charge in [-0.2, -0.15) is 5.10 Å². The predicted molar refractivity (Wildman–Crippen MR) is 93.9 cm³/mol. The maximum Gasteiger partial charge on any atom is 0.271 e. The molecular formula is C16H14N6OS. The fraction of sp³-hybridized carbons (Fsp3) is 0.0625. The Hall–Kier alpha value is -3.00. The van der Waals surface area contributed by atoms with E-state index in [2.05, 4.69) is 30.7 Å². The van der Waals surface area contributed by atoms with Gasteiger partial charge in [-0.3, -0.25) is 20.1 Å². The molecule has 8 heteroatoms. The summed E-state index contributed by atoms with van der Waals surface area (Å²) < 4.78 is 0. The minimum atomic E-state index is -0.111. The van der Waals surface area contributed by atoms with Crippen LogP contribution < -0.4 is 10.9 Å². The Morgan fingerprint density at radius 3 is 2.88 bits per heavy atom. The Morgan fingerprint density at radius 2 is 2.04 bits per heavy atom. The van der Waals surface area contributed by atoms with Crippen LogP contribution >= 0.6 is 11.8 Å². The number of fused-ring (bicyclic) bond motifs is 1. The number of H-pyrrole nitrogens is 3. The zero-order valence-corrected chi connectivity index (χ0v) is 13.6. The number of aromatic amines is 3. The molecule has 0 spiro atoms. The molecule has 0 unspecified atom stereocenters. The van der Waals surface area contributed by atoms with Crippen LogP contribution in [0.4, 0.5) is 11.5 Å². The van der Waals surface area contributed by atoms with Crippen LogP contribution in [0.15, 0.2) is 57.3 Å². The molecule has 0 aliphatic heterocycles. The molecule has 0 saturated heterocycles.